The van der Waals surface area contributed by atoms with Crippen LogP contribution >= 0.6 is 27.3 Å². The highest BCUT2D eigenvalue weighted by Gasteiger charge is 2.48. The average molecular weight is 642 g/mol. The van der Waals surface area contributed by atoms with Crippen molar-refractivity contribution in [1.82, 2.24) is 9.78 Å². The van der Waals surface area contributed by atoms with Crippen LogP contribution in [0.15, 0.2) is 28.7 Å². The third-order valence-corrected chi connectivity index (χ3v) is 9.12. The van der Waals surface area contributed by atoms with Gasteiger partial charge in [0, 0.05) is 11.3 Å². The van der Waals surface area contributed by atoms with Crippen LogP contribution in [0.25, 0.3) is 0 Å². The van der Waals surface area contributed by atoms with Gasteiger partial charge in [-0.25, -0.2) is 9.48 Å². The molecule has 0 radical (unpaired) electrons. The van der Waals surface area contributed by atoms with Crippen LogP contribution in [0.5, 0.6) is 5.75 Å². The molecule has 8 nitrogen and oxygen atoms in total. The Morgan fingerprint density at radius 3 is 2.60 bits per heavy atom. The number of amides is 1. The number of hydrogen-bond donors (Lipinski definition) is 2. The highest BCUT2D eigenvalue weighted by molar-refractivity contribution is 9.10. The number of ether oxygens (including phenoxy) is 2. The number of aryl methyl sites for hydroxylation is 1. The Morgan fingerprint density at radius 1 is 1.20 bits per heavy atom. The van der Waals surface area contributed by atoms with Gasteiger partial charge in [-0.2, -0.15) is 18.3 Å². The number of carbonyl (C=O) groups excluding carboxylic acids is 2. The van der Waals surface area contributed by atoms with Gasteiger partial charge in [0.1, 0.15) is 16.6 Å². The number of fused-ring (bicyclic) bond motifs is 2. The first-order valence-corrected chi connectivity index (χ1v) is 14.6. The Kier molecular flexibility index (Phi) is 8.14. The number of alkyl halides is 3. The third-order valence-electron chi connectivity index (χ3n) is 7.16. The van der Waals surface area contributed by atoms with Crippen LogP contribution in [-0.4, -0.2) is 41.5 Å². The molecule has 3 aromatic rings. The summed E-state index contributed by atoms with van der Waals surface area (Å²) in [7, 11) is 1.51. The van der Waals surface area contributed by atoms with Crippen LogP contribution in [0.4, 0.5) is 24.0 Å². The van der Waals surface area contributed by atoms with Crippen molar-refractivity contribution in [3.05, 3.63) is 56.0 Å². The van der Waals surface area contributed by atoms with E-state index in [4.69, 9.17) is 9.47 Å². The highest BCUT2D eigenvalue weighted by atomic mass is 79.9. The number of benzene rings is 1. The summed E-state index contributed by atoms with van der Waals surface area (Å²) in [5.41, 5.74) is 1.62. The zero-order valence-electron chi connectivity index (χ0n) is 21.9. The molecule has 40 heavy (non-hydrogen) atoms. The average Bonchev–Trinajstić information content (AvgIpc) is 3.34. The largest absolute Gasteiger partial charge is 0.497 e. The van der Waals surface area contributed by atoms with Crippen molar-refractivity contribution in [1.29, 1.82) is 0 Å². The number of anilines is 2. The molecule has 1 aliphatic carbocycles. The molecule has 214 valence electrons. The van der Waals surface area contributed by atoms with Crippen LogP contribution in [0.3, 0.4) is 0 Å². The molecule has 2 N–H and O–H groups in total. The molecule has 0 bridgehead atoms. The van der Waals surface area contributed by atoms with Crippen LogP contribution in [-0.2, 0) is 17.6 Å². The first-order valence-electron chi connectivity index (χ1n) is 13.0. The van der Waals surface area contributed by atoms with Crippen LogP contribution in [0.1, 0.15) is 81.5 Å². The van der Waals surface area contributed by atoms with Gasteiger partial charge in [0.2, 0.25) is 0 Å². The van der Waals surface area contributed by atoms with Crippen LogP contribution < -0.4 is 15.4 Å². The van der Waals surface area contributed by atoms with E-state index in [0.29, 0.717) is 28.3 Å². The number of nitrogens with zero attached hydrogens (tertiary/aromatic N) is 2. The molecule has 2 aromatic heterocycles. The predicted molar refractivity (Wildman–Crippen MR) is 148 cm³/mol. The van der Waals surface area contributed by atoms with Gasteiger partial charge in [-0.1, -0.05) is 18.6 Å². The minimum absolute atomic E-state index is 0.0483. The van der Waals surface area contributed by atoms with Gasteiger partial charge in [-0.3, -0.25) is 4.79 Å². The number of aromatic nitrogens is 2. The first kappa shape index (κ1) is 28.5. The fraction of sp³-hybridized carbons (Fsp3) is 0.444. The summed E-state index contributed by atoms with van der Waals surface area (Å²) >= 11 is 4.64. The van der Waals surface area contributed by atoms with E-state index in [1.807, 2.05) is 0 Å². The fourth-order valence-electron chi connectivity index (χ4n) is 5.20. The smallest absolute Gasteiger partial charge is 0.410 e. The molecule has 0 saturated heterocycles. The maximum Gasteiger partial charge on any atom is 0.410 e. The molecule has 1 aliphatic heterocycles. The molecule has 5 rings (SSSR count). The van der Waals surface area contributed by atoms with E-state index in [1.54, 1.807) is 31.2 Å². The zero-order valence-corrected chi connectivity index (χ0v) is 24.3. The van der Waals surface area contributed by atoms with Crippen molar-refractivity contribution >= 4 is 50.0 Å². The number of esters is 1. The monoisotopic (exact) mass is 640 g/mol. The topological polar surface area (TPSA) is 94.5 Å². The molecule has 0 spiro atoms. The van der Waals surface area contributed by atoms with Crippen molar-refractivity contribution in [2.45, 2.75) is 63.7 Å². The van der Waals surface area contributed by atoms with E-state index < -0.39 is 30.1 Å². The van der Waals surface area contributed by atoms with Gasteiger partial charge >= 0.3 is 12.1 Å². The van der Waals surface area contributed by atoms with E-state index in [-0.39, 0.29) is 29.0 Å². The minimum Gasteiger partial charge on any atom is -0.497 e. The second kappa shape index (κ2) is 11.4. The molecular formula is C27H28BrF3N4O4S. The third kappa shape index (κ3) is 5.45. The standard InChI is InChI=1S/C27H28BrF3N4O4S/c1-3-39-26(37)20-16-7-5-4-6-8-18(16)40-25(20)33-24(36)22-21(28)23-32-17(14-9-11-15(38-2)12-10-14)13-19(27(29,30)31)35(23)34-22/h9-12,17,19,32H,3-8,13H2,1-2H3,(H,33,36). The van der Waals surface area contributed by atoms with Crippen molar-refractivity contribution in [3.8, 4) is 5.75 Å². The van der Waals surface area contributed by atoms with Gasteiger partial charge in [0.05, 0.1) is 29.8 Å². The lowest BCUT2D eigenvalue weighted by Crippen LogP contribution is -2.35. The normalized spacial score (nSPS) is 18.6. The minimum atomic E-state index is -4.61. The summed E-state index contributed by atoms with van der Waals surface area (Å²) in [6.07, 6.45) is -0.503. The summed E-state index contributed by atoms with van der Waals surface area (Å²) < 4.78 is 54.0. The number of rotatable bonds is 6. The van der Waals surface area contributed by atoms with E-state index >= 15 is 0 Å². The number of carbonyl (C=O) groups is 2. The number of methoxy groups -OCH3 is 1. The Labute approximate surface area is 241 Å². The Bertz CT molecular complexity index is 1420. The van der Waals surface area contributed by atoms with Gasteiger partial charge in [-0.05, 0) is 71.8 Å². The fourth-order valence-corrected chi connectivity index (χ4v) is 7.03. The number of halogens is 4. The number of hydrogen-bond acceptors (Lipinski definition) is 7. The lowest BCUT2D eigenvalue weighted by molar-refractivity contribution is -0.173. The molecular weight excluding hydrogens is 613 g/mol. The maximum atomic E-state index is 14.2. The molecule has 0 fully saturated rings. The van der Waals surface area contributed by atoms with Gasteiger partial charge in [0.15, 0.2) is 11.7 Å². The maximum absolute atomic E-state index is 14.2. The second-order valence-corrected chi connectivity index (χ2v) is 11.6. The molecule has 1 aromatic carbocycles. The Balaban J connectivity index is 1.49. The molecule has 0 saturated carbocycles. The number of nitrogens with one attached hydrogen (secondary N) is 2. The van der Waals surface area contributed by atoms with E-state index in [1.165, 1.54) is 18.4 Å². The predicted octanol–water partition coefficient (Wildman–Crippen LogP) is 7.07. The first-order chi connectivity index (χ1) is 19.1. The van der Waals surface area contributed by atoms with Gasteiger partial charge in [0.25, 0.3) is 5.91 Å². The summed E-state index contributed by atoms with van der Waals surface area (Å²) in [6.45, 7) is 1.88. The lowest BCUT2D eigenvalue weighted by atomic mass is 9.97. The molecule has 2 unspecified atom stereocenters. The summed E-state index contributed by atoms with van der Waals surface area (Å²) in [4.78, 5) is 27.4. The summed E-state index contributed by atoms with van der Waals surface area (Å²) in [5.74, 6) is -0.613. The van der Waals surface area contributed by atoms with Crippen LogP contribution in [0.2, 0.25) is 0 Å². The Morgan fingerprint density at radius 2 is 1.93 bits per heavy atom. The van der Waals surface area contributed by atoms with Crippen molar-refractivity contribution in [2.75, 3.05) is 24.4 Å². The van der Waals surface area contributed by atoms with E-state index in [9.17, 15) is 22.8 Å². The van der Waals surface area contributed by atoms with E-state index in [0.717, 1.165) is 40.8 Å². The molecule has 2 aliphatic rings. The second-order valence-electron chi connectivity index (χ2n) is 9.66. The SMILES string of the molecule is CCOC(=O)c1c(NC(=O)c2nn3c(c2Br)NC(c2ccc(OC)cc2)CC3C(F)(F)F)sc2c1CCCCC2. The van der Waals surface area contributed by atoms with Crippen molar-refractivity contribution < 1.29 is 32.2 Å². The van der Waals surface area contributed by atoms with Gasteiger partial charge < -0.3 is 20.1 Å². The van der Waals surface area contributed by atoms with Gasteiger partial charge in [-0.15, -0.1) is 11.3 Å². The Hall–Kier alpha value is -3.06. The molecule has 13 heteroatoms. The number of thiophene rings is 1. The van der Waals surface area contributed by atoms with E-state index in [2.05, 4.69) is 31.7 Å². The lowest BCUT2D eigenvalue weighted by Gasteiger charge is -2.33. The highest BCUT2D eigenvalue weighted by Crippen LogP contribution is 2.47. The quantitative estimate of drug-likeness (QED) is 0.221. The summed E-state index contributed by atoms with van der Waals surface area (Å²) in [6, 6.07) is 4.13. The van der Waals surface area contributed by atoms with Crippen LogP contribution in [0, 0.1) is 0 Å². The molecule has 3 heterocycles. The molecule has 1 amide bonds. The zero-order chi connectivity index (χ0) is 28.6. The van der Waals surface area contributed by atoms with Crippen molar-refractivity contribution in [3.63, 3.8) is 0 Å². The van der Waals surface area contributed by atoms with Crippen molar-refractivity contribution in [2.24, 2.45) is 0 Å². The molecule has 2 atom stereocenters. The summed E-state index contributed by atoms with van der Waals surface area (Å²) in [5, 5.41) is 10.3.